The zero-order chi connectivity index (χ0) is 9.97. The van der Waals surface area contributed by atoms with E-state index in [9.17, 15) is 5.11 Å². The van der Waals surface area contributed by atoms with Crippen LogP contribution in [0.1, 0.15) is 11.7 Å². The van der Waals surface area contributed by atoms with E-state index in [-0.39, 0.29) is 0 Å². The number of nitrogens with zero attached hydrogens (tertiary/aromatic N) is 1. The molecule has 1 fully saturated rings. The van der Waals surface area contributed by atoms with Crippen molar-refractivity contribution in [3.05, 3.63) is 29.8 Å². The Hall–Kier alpha value is -1.06. The number of β-amino-alcohol motifs (C(OH)–C–C–N with tert-alkyl or cyclic N) is 1. The second kappa shape index (κ2) is 3.98. The van der Waals surface area contributed by atoms with Crippen LogP contribution in [0.5, 0.6) is 5.75 Å². The van der Waals surface area contributed by atoms with Crippen LogP contribution in [-0.2, 0) is 0 Å². The first-order valence-electron chi connectivity index (χ1n) is 4.84. The lowest BCUT2D eigenvalue weighted by atomic mass is 10.1. The average Bonchev–Trinajstić information content (AvgIpc) is 3.02. The minimum Gasteiger partial charge on any atom is -0.497 e. The third-order valence-electron chi connectivity index (χ3n) is 2.45. The summed E-state index contributed by atoms with van der Waals surface area (Å²) in [6.07, 6.45) is -0.396. The van der Waals surface area contributed by atoms with Crippen LogP contribution in [0.2, 0.25) is 0 Å². The molecule has 0 spiro atoms. The molecule has 3 heteroatoms. The molecule has 1 saturated heterocycles. The highest BCUT2D eigenvalue weighted by atomic mass is 16.5. The molecule has 1 N–H and O–H groups in total. The summed E-state index contributed by atoms with van der Waals surface area (Å²) in [7, 11) is 1.63. The SMILES string of the molecule is COc1cccc(C(O)CN2CC2)c1. The topological polar surface area (TPSA) is 32.5 Å². The van der Waals surface area contributed by atoms with Crippen LogP contribution in [0.15, 0.2) is 24.3 Å². The third kappa shape index (κ3) is 2.25. The van der Waals surface area contributed by atoms with Crippen molar-refractivity contribution >= 4 is 0 Å². The molecule has 1 atom stereocenters. The third-order valence-corrected chi connectivity index (χ3v) is 2.45. The molecule has 0 amide bonds. The molecular formula is C11H15NO2. The van der Waals surface area contributed by atoms with Crippen molar-refractivity contribution in [1.29, 1.82) is 0 Å². The number of hydrogen-bond acceptors (Lipinski definition) is 3. The molecule has 1 aromatic carbocycles. The van der Waals surface area contributed by atoms with Crippen molar-refractivity contribution in [3.63, 3.8) is 0 Å². The maximum absolute atomic E-state index is 9.85. The number of benzene rings is 1. The standard InChI is InChI=1S/C11H15NO2/c1-14-10-4-2-3-9(7-10)11(13)8-12-5-6-12/h2-4,7,11,13H,5-6,8H2,1H3. The van der Waals surface area contributed by atoms with E-state index in [1.165, 1.54) is 0 Å². The number of rotatable bonds is 4. The summed E-state index contributed by atoms with van der Waals surface area (Å²) >= 11 is 0. The summed E-state index contributed by atoms with van der Waals surface area (Å²) in [6, 6.07) is 7.60. The van der Waals surface area contributed by atoms with Crippen LogP contribution in [0.25, 0.3) is 0 Å². The maximum atomic E-state index is 9.85. The van der Waals surface area contributed by atoms with Crippen molar-refractivity contribution in [3.8, 4) is 5.75 Å². The molecule has 1 aliphatic rings. The Morgan fingerprint density at radius 3 is 2.93 bits per heavy atom. The first-order valence-corrected chi connectivity index (χ1v) is 4.84. The second-order valence-electron chi connectivity index (χ2n) is 3.59. The molecule has 0 aromatic heterocycles. The minimum absolute atomic E-state index is 0.396. The Balaban J connectivity index is 2.05. The van der Waals surface area contributed by atoms with Crippen molar-refractivity contribution in [1.82, 2.24) is 4.90 Å². The van der Waals surface area contributed by atoms with Crippen LogP contribution >= 0.6 is 0 Å². The van der Waals surface area contributed by atoms with E-state index >= 15 is 0 Å². The van der Waals surface area contributed by atoms with Crippen LogP contribution in [0.4, 0.5) is 0 Å². The van der Waals surface area contributed by atoms with Gasteiger partial charge in [0.05, 0.1) is 13.2 Å². The van der Waals surface area contributed by atoms with Crippen LogP contribution in [0, 0.1) is 0 Å². The van der Waals surface area contributed by atoms with Gasteiger partial charge in [-0.3, -0.25) is 4.90 Å². The summed E-state index contributed by atoms with van der Waals surface area (Å²) in [5, 5.41) is 9.85. The molecule has 3 nitrogen and oxygen atoms in total. The second-order valence-corrected chi connectivity index (χ2v) is 3.59. The van der Waals surface area contributed by atoms with E-state index < -0.39 is 6.10 Å². The van der Waals surface area contributed by atoms with Gasteiger partial charge in [-0.1, -0.05) is 12.1 Å². The summed E-state index contributed by atoms with van der Waals surface area (Å²) in [6.45, 7) is 2.95. The quantitative estimate of drug-likeness (QED) is 0.725. The first kappa shape index (κ1) is 9.49. The molecule has 1 aromatic rings. The van der Waals surface area contributed by atoms with E-state index in [0.29, 0.717) is 0 Å². The normalized spacial score (nSPS) is 17.9. The zero-order valence-corrected chi connectivity index (χ0v) is 8.31. The van der Waals surface area contributed by atoms with Gasteiger partial charge < -0.3 is 9.84 Å². The van der Waals surface area contributed by atoms with Crippen molar-refractivity contribution < 1.29 is 9.84 Å². The predicted octanol–water partition coefficient (Wildman–Crippen LogP) is 1.04. The number of aliphatic hydroxyl groups excluding tert-OH is 1. The number of aliphatic hydroxyl groups is 1. The molecule has 0 radical (unpaired) electrons. The van der Waals surface area contributed by atoms with Crippen molar-refractivity contribution in [2.45, 2.75) is 6.10 Å². The van der Waals surface area contributed by atoms with Gasteiger partial charge in [0, 0.05) is 19.6 Å². The summed E-state index contributed by atoms with van der Waals surface area (Å²) in [5.74, 6) is 0.798. The van der Waals surface area contributed by atoms with Crippen LogP contribution in [-0.4, -0.2) is 36.8 Å². The van der Waals surface area contributed by atoms with Gasteiger partial charge in [0.2, 0.25) is 0 Å². The van der Waals surface area contributed by atoms with E-state index in [1.54, 1.807) is 7.11 Å². The van der Waals surface area contributed by atoms with Crippen LogP contribution in [0.3, 0.4) is 0 Å². The molecule has 1 aliphatic heterocycles. The van der Waals surface area contributed by atoms with Gasteiger partial charge in [-0.2, -0.15) is 0 Å². The van der Waals surface area contributed by atoms with Gasteiger partial charge in [0.25, 0.3) is 0 Å². The van der Waals surface area contributed by atoms with Gasteiger partial charge in [-0.05, 0) is 17.7 Å². The first-order chi connectivity index (χ1) is 6.79. The molecule has 76 valence electrons. The Kier molecular flexibility index (Phi) is 2.70. The molecule has 2 rings (SSSR count). The smallest absolute Gasteiger partial charge is 0.119 e. The summed E-state index contributed by atoms with van der Waals surface area (Å²) < 4.78 is 5.10. The predicted molar refractivity (Wildman–Crippen MR) is 54.4 cm³/mol. The average molecular weight is 193 g/mol. The number of methoxy groups -OCH3 is 1. The van der Waals surface area contributed by atoms with Crippen molar-refractivity contribution in [2.24, 2.45) is 0 Å². The zero-order valence-electron chi connectivity index (χ0n) is 8.31. The maximum Gasteiger partial charge on any atom is 0.119 e. The molecular weight excluding hydrogens is 178 g/mol. The highest BCUT2D eigenvalue weighted by Crippen LogP contribution is 2.21. The Bertz CT molecular complexity index is 310. The minimum atomic E-state index is -0.396. The molecule has 0 aliphatic carbocycles. The van der Waals surface area contributed by atoms with E-state index in [4.69, 9.17) is 4.74 Å². The van der Waals surface area contributed by atoms with Gasteiger partial charge >= 0.3 is 0 Å². The molecule has 1 unspecified atom stereocenters. The number of hydrogen-bond donors (Lipinski definition) is 1. The lowest BCUT2D eigenvalue weighted by molar-refractivity contribution is 0.156. The lowest BCUT2D eigenvalue weighted by Crippen LogP contribution is -2.11. The fourth-order valence-electron chi connectivity index (χ4n) is 1.45. The molecule has 14 heavy (non-hydrogen) atoms. The van der Waals surface area contributed by atoms with E-state index in [1.807, 2.05) is 24.3 Å². The van der Waals surface area contributed by atoms with Gasteiger partial charge in [0.1, 0.15) is 5.75 Å². The van der Waals surface area contributed by atoms with Gasteiger partial charge in [-0.15, -0.1) is 0 Å². The largest absolute Gasteiger partial charge is 0.497 e. The molecule has 0 bridgehead atoms. The highest BCUT2D eigenvalue weighted by Gasteiger charge is 2.21. The molecule has 1 heterocycles. The lowest BCUT2D eigenvalue weighted by Gasteiger charge is -2.12. The Labute approximate surface area is 83.9 Å². The van der Waals surface area contributed by atoms with Gasteiger partial charge in [0.15, 0.2) is 0 Å². The Morgan fingerprint density at radius 1 is 1.50 bits per heavy atom. The highest BCUT2D eigenvalue weighted by molar-refractivity contribution is 5.30. The molecule has 0 saturated carbocycles. The van der Waals surface area contributed by atoms with Crippen LogP contribution < -0.4 is 4.74 Å². The van der Waals surface area contributed by atoms with Crippen molar-refractivity contribution in [2.75, 3.05) is 26.7 Å². The fourth-order valence-corrected chi connectivity index (χ4v) is 1.45. The Morgan fingerprint density at radius 2 is 2.29 bits per heavy atom. The summed E-state index contributed by atoms with van der Waals surface area (Å²) in [4.78, 5) is 2.20. The van der Waals surface area contributed by atoms with Gasteiger partial charge in [-0.25, -0.2) is 0 Å². The fraction of sp³-hybridized carbons (Fsp3) is 0.455. The van der Waals surface area contributed by atoms with E-state index in [2.05, 4.69) is 4.90 Å². The summed E-state index contributed by atoms with van der Waals surface area (Å²) in [5.41, 5.74) is 0.927. The monoisotopic (exact) mass is 193 g/mol. The van der Waals surface area contributed by atoms with E-state index in [0.717, 1.165) is 30.9 Å². The number of ether oxygens (including phenoxy) is 1.